The highest BCUT2D eigenvalue weighted by molar-refractivity contribution is 6.10. The van der Waals surface area contributed by atoms with Crippen LogP contribution in [-0.4, -0.2) is 36.9 Å². The third-order valence-electron chi connectivity index (χ3n) is 4.18. The second-order valence-corrected chi connectivity index (χ2v) is 6.56. The minimum Gasteiger partial charge on any atom is -0.376 e. The van der Waals surface area contributed by atoms with E-state index in [0.717, 1.165) is 19.4 Å². The first-order valence-electron chi connectivity index (χ1n) is 8.13. The molecule has 0 aliphatic carbocycles. The Kier molecular flexibility index (Phi) is 5.72. The number of anilines is 1. The van der Waals surface area contributed by atoms with E-state index in [4.69, 9.17) is 4.74 Å². The molecule has 1 heterocycles. The second kappa shape index (κ2) is 7.57. The molecular formula is C18H24N2O4. The molecule has 1 fully saturated rings. The summed E-state index contributed by atoms with van der Waals surface area (Å²) in [6.07, 6.45) is 1.95. The van der Waals surface area contributed by atoms with Crippen LogP contribution in [0.4, 0.5) is 5.69 Å². The first kappa shape index (κ1) is 18.1. The van der Waals surface area contributed by atoms with Gasteiger partial charge in [-0.3, -0.25) is 14.4 Å². The summed E-state index contributed by atoms with van der Waals surface area (Å²) in [5.41, 5.74) is -0.230. The Balaban J connectivity index is 1.97. The zero-order valence-corrected chi connectivity index (χ0v) is 14.3. The zero-order chi connectivity index (χ0) is 17.7. The van der Waals surface area contributed by atoms with E-state index in [0.29, 0.717) is 17.8 Å². The molecule has 6 heteroatoms. The van der Waals surface area contributed by atoms with Crippen LogP contribution in [0.5, 0.6) is 0 Å². The minimum atomic E-state index is -1.23. The lowest BCUT2D eigenvalue weighted by atomic mass is 9.90. The molecule has 1 aliphatic rings. The van der Waals surface area contributed by atoms with Gasteiger partial charge in [-0.1, -0.05) is 12.1 Å². The summed E-state index contributed by atoms with van der Waals surface area (Å²) >= 11 is 0. The Morgan fingerprint density at radius 3 is 2.62 bits per heavy atom. The van der Waals surface area contributed by atoms with Crippen molar-refractivity contribution in [3.8, 4) is 0 Å². The van der Waals surface area contributed by atoms with E-state index in [1.54, 1.807) is 38.1 Å². The van der Waals surface area contributed by atoms with Crippen molar-refractivity contribution in [1.29, 1.82) is 0 Å². The topological polar surface area (TPSA) is 84.5 Å². The van der Waals surface area contributed by atoms with Gasteiger partial charge in [-0.2, -0.15) is 0 Å². The number of ether oxygens (including phenoxy) is 1. The van der Waals surface area contributed by atoms with E-state index in [2.05, 4.69) is 10.6 Å². The fourth-order valence-corrected chi connectivity index (χ4v) is 2.44. The van der Waals surface area contributed by atoms with Crippen LogP contribution in [0.3, 0.4) is 0 Å². The highest BCUT2D eigenvalue weighted by Gasteiger charge is 2.36. The van der Waals surface area contributed by atoms with Crippen molar-refractivity contribution in [2.45, 2.75) is 39.7 Å². The van der Waals surface area contributed by atoms with Crippen LogP contribution >= 0.6 is 0 Å². The van der Waals surface area contributed by atoms with Crippen molar-refractivity contribution < 1.29 is 19.1 Å². The van der Waals surface area contributed by atoms with Crippen LogP contribution in [-0.2, 0) is 14.3 Å². The van der Waals surface area contributed by atoms with Crippen molar-refractivity contribution in [3.63, 3.8) is 0 Å². The van der Waals surface area contributed by atoms with Crippen LogP contribution in [0.1, 0.15) is 44.0 Å². The Hall–Kier alpha value is -2.21. The molecule has 0 spiro atoms. The molecule has 24 heavy (non-hydrogen) atoms. The number of nitrogens with one attached hydrogen (secondary N) is 2. The lowest BCUT2D eigenvalue weighted by Gasteiger charge is -2.23. The maximum atomic E-state index is 12.5. The van der Waals surface area contributed by atoms with E-state index in [9.17, 15) is 14.4 Å². The van der Waals surface area contributed by atoms with E-state index in [-0.39, 0.29) is 17.8 Å². The Morgan fingerprint density at radius 1 is 1.25 bits per heavy atom. The van der Waals surface area contributed by atoms with Gasteiger partial charge in [0.2, 0.25) is 11.8 Å². The number of ketones is 1. The number of carbonyl (C=O) groups excluding carboxylic acids is 3. The second-order valence-electron chi connectivity index (χ2n) is 6.56. The first-order valence-corrected chi connectivity index (χ1v) is 8.13. The number of benzene rings is 1. The van der Waals surface area contributed by atoms with Gasteiger partial charge in [0.15, 0.2) is 5.78 Å². The molecule has 130 valence electrons. The van der Waals surface area contributed by atoms with Gasteiger partial charge in [0.1, 0.15) is 5.41 Å². The number of rotatable bonds is 6. The smallest absolute Gasteiger partial charge is 0.239 e. The van der Waals surface area contributed by atoms with Crippen LogP contribution in [0.2, 0.25) is 0 Å². The normalized spacial score (nSPS) is 17.4. The summed E-state index contributed by atoms with van der Waals surface area (Å²) < 4.78 is 5.46. The van der Waals surface area contributed by atoms with Crippen LogP contribution < -0.4 is 10.6 Å². The maximum absolute atomic E-state index is 12.5. The molecule has 1 aromatic carbocycles. The lowest BCUT2D eigenvalue weighted by molar-refractivity contribution is -0.138. The number of hydrogen-bond acceptors (Lipinski definition) is 4. The van der Waals surface area contributed by atoms with Gasteiger partial charge >= 0.3 is 0 Å². The molecule has 0 bridgehead atoms. The van der Waals surface area contributed by atoms with Gasteiger partial charge in [0.05, 0.1) is 6.10 Å². The molecule has 1 atom stereocenters. The van der Waals surface area contributed by atoms with Crippen molar-refractivity contribution in [3.05, 3.63) is 29.8 Å². The average Bonchev–Trinajstić information content (AvgIpc) is 3.06. The molecule has 0 saturated carbocycles. The van der Waals surface area contributed by atoms with Crippen molar-refractivity contribution in [2.24, 2.45) is 5.41 Å². The SMILES string of the molecule is CC(=O)c1cccc(NC(=O)C(C)(C)C(=O)NCC2CCCO2)c1. The molecule has 1 saturated heterocycles. The van der Waals surface area contributed by atoms with E-state index in [1.165, 1.54) is 6.92 Å². The summed E-state index contributed by atoms with van der Waals surface area (Å²) in [5, 5.41) is 5.49. The highest BCUT2D eigenvalue weighted by atomic mass is 16.5. The largest absolute Gasteiger partial charge is 0.376 e. The van der Waals surface area contributed by atoms with Gasteiger partial charge in [0, 0.05) is 24.4 Å². The van der Waals surface area contributed by atoms with Gasteiger partial charge < -0.3 is 15.4 Å². The maximum Gasteiger partial charge on any atom is 0.239 e. The molecule has 6 nitrogen and oxygen atoms in total. The molecule has 2 amide bonds. The molecule has 0 radical (unpaired) electrons. The van der Waals surface area contributed by atoms with Crippen LogP contribution in [0.25, 0.3) is 0 Å². The summed E-state index contributed by atoms with van der Waals surface area (Å²) in [6, 6.07) is 6.65. The molecule has 1 aromatic rings. The lowest BCUT2D eigenvalue weighted by Crippen LogP contribution is -2.47. The molecule has 2 N–H and O–H groups in total. The van der Waals surface area contributed by atoms with Crippen molar-refractivity contribution in [1.82, 2.24) is 5.32 Å². The third kappa shape index (κ3) is 4.41. The fourth-order valence-electron chi connectivity index (χ4n) is 2.44. The predicted molar refractivity (Wildman–Crippen MR) is 90.8 cm³/mol. The third-order valence-corrected chi connectivity index (χ3v) is 4.18. The molecule has 2 rings (SSSR count). The highest BCUT2D eigenvalue weighted by Crippen LogP contribution is 2.20. The van der Waals surface area contributed by atoms with Crippen molar-refractivity contribution in [2.75, 3.05) is 18.5 Å². The number of Topliss-reactive ketones (excluding diaryl/α,β-unsaturated/α-hetero) is 1. The molecule has 1 aliphatic heterocycles. The van der Waals surface area contributed by atoms with Gasteiger partial charge in [0.25, 0.3) is 0 Å². The summed E-state index contributed by atoms with van der Waals surface area (Å²) in [5.74, 6) is -0.856. The van der Waals surface area contributed by atoms with Gasteiger partial charge in [-0.15, -0.1) is 0 Å². The summed E-state index contributed by atoms with van der Waals surface area (Å²) in [6.45, 7) is 5.74. The minimum absolute atomic E-state index is 0.0278. The van der Waals surface area contributed by atoms with Gasteiger partial charge in [-0.05, 0) is 45.7 Å². The Morgan fingerprint density at radius 2 is 2.00 bits per heavy atom. The van der Waals surface area contributed by atoms with E-state index in [1.807, 2.05) is 0 Å². The van der Waals surface area contributed by atoms with E-state index < -0.39 is 11.3 Å². The van der Waals surface area contributed by atoms with Gasteiger partial charge in [-0.25, -0.2) is 0 Å². The standard InChI is InChI=1S/C18H24N2O4/c1-12(21)13-6-4-7-14(10-13)20-17(23)18(2,3)16(22)19-11-15-8-5-9-24-15/h4,6-7,10,15H,5,8-9,11H2,1-3H3,(H,19,22)(H,20,23). The summed E-state index contributed by atoms with van der Waals surface area (Å²) in [7, 11) is 0. The quantitative estimate of drug-likeness (QED) is 0.617. The zero-order valence-electron chi connectivity index (χ0n) is 14.3. The Labute approximate surface area is 142 Å². The monoisotopic (exact) mass is 332 g/mol. The Bertz CT molecular complexity index is 634. The number of amides is 2. The van der Waals surface area contributed by atoms with Crippen LogP contribution in [0.15, 0.2) is 24.3 Å². The van der Waals surface area contributed by atoms with E-state index >= 15 is 0 Å². The molecule has 0 aromatic heterocycles. The van der Waals surface area contributed by atoms with Crippen molar-refractivity contribution >= 4 is 23.3 Å². The fraction of sp³-hybridized carbons (Fsp3) is 0.500. The molecular weight excluding hydrogens is 308 g/mol. The first-order chi connectivity index (χ1) is 11.3. The van der Waals surface area contributed by atoms with Crippen LogP contribution in [0, 0.1) is 5.41 Å². The summed E-state index contributed by atoms with van der Waals surface area (Å²) in [4.78, 5) is 36.2. The molecule has 1 unspecified atom stereocenters. The average molecular weight is 332 g/mol. The number of carbonyl (C=O) groups is 3. The number of hydrogen-bond donors (Lipinski definition) is 2. The predicted octanol–water partition coefficient (Wildman–Crippen LogP) is 2.15.